The van der Waals surface area contributed by atoms with Gasteiger partial charge in [-0.1, -0.05) is 6.07 Å². The van der Waals surface area contributed by atoms with Crippen molar-refractivity contribution in [3.63, 3.8) is 0 Å². The zero-order valence-corrected chi connectivity index (χ0v) is 13.5. The summed E-state index contributed by atoms with van der Waals surface area (Å²) in [6.07, 6.45) is 3.07. The molecule has 1 aromatic carbocycles. The first-order valence-electron chi connectivity index (χ1n) is 7.17. The molecule has 0 aliphatic heterocycles. The minimum Gasteiger partial charge on any atom is -0.446 e. The van der Waals surface area contributed by atoms with E-state index in [1.807, 2.05) is 19.1 Å². The highest BCUT2D eigenvalue weighted by Crippen LogP contribution is 2.31. The molecule has 0 radical (unpaired) electrons. The molecule has 0 unspecified atom stereocenters. The summed E-state index contributed by atoms with van der Waals surface area (Å²) < 4.78 is 10.8. The van der Waals surface area contributed by atoms with Crippen LogP contribution in [0.15, 0.2) is 39.5 Å². The third-order valence-electron chi connectivity index (χ3n) is 3.49. The molecule has 0 fully saturated rings. The minimum atomic E-state index is -0.117. The van der Waals surface area contributed by atoms with E-state index in [1.54, 1.807) is 33.3 Å². The van der Waals surface area contributed by atoms with Crippen LogP contribution < -0.4 is 0 Å². The molecule has 0 saturated carbocycles. The van der Waals surface area contributed by atoms with Crippen molar-refractivity contribution in [3.8, 4) is 22.7 Å². The number of amides is 1. The number of nitrogens with zero attached hydrogens (tertiary/aromatic N) is 3. The lowest BCUT2D eigenvalue weighted by Crippen LogP contribution is -2.22. The molecule has 0 aliphatic carbocycles. The molecule has 118 valence electrons. The largest absolute Gasteiger partial charge is 0.446 e. The van der Waals surface area contributed by atoms with Crippen molar-refractivity contribution in [2.75, 3.05) is 14.1 Å². The summed E-state index contributed by atoms with van der Waals surface area (Å²) in [5, 5.41) is 0. The monoisotopic (exact) mass is 311 g/mol. The van der Waals surface area contributed by atoms with Crippen LogP contribution in [0.1, 0.15) is 22.0 Å². The van der Waals surface area contributed by atoms with Gasteiger partial charge in [0.05, 0.1) is 6.20 Å². The van der Waals surface area contributed by atoms with Crippen molar-refractivity contribution in [1.82, 2.24) is 14.9 Å². The highest BCUT2D eigenvalue weighted by molar-refractivity contribution is 6.01. The second kappa shape index (κ2) is 5.72. The molecule has 2 aromatic heterocycles. The van der Waals surface area contributed by atoms with E-state index >= 15 is 0 Å². The normalized spacial score (nSPS) is 10.8. The van der Waals surface area contributed by atoms with Crippen LogP contribution in [0.25, 0.3) is 22.7 Å². The Bertz CT molecular complexity index is 848. The van der Waals surface area contributed by atoms with Crippen molar-refractivity contribution >= 4 is 5.91 Å². The van der Waals surface area contributed by atoms with E-state index in [-0.39, 0.29) is 5.91 Å². The Hall–Kier alpha value is -2.89. The van der Waals surface area contributed by atoms with Crippen molar-refractivity contribution in [1.29, 1.82) is 0 Å². The summed E-state index contributed by atoms with van der Waals surface area (Å²) in [4.78, 5) is 22.7. The van der Waals surface area contributed by atoms with E-state index in [0.717, 1.165) is 11.1 Å². The number of carbonyl (C=O) groups is 1. The van der Waals surface area contributed by atoms with Gasteiger partial charge in [0.2, 0.25) is 5.89 Å². The Morgan fingerprint density at radius 1 is 1.22 bits per heavy atom. The van der Waals surface area contributed by atoms with Crippen molar-refractivity contribution in [2.24, 2.45) is 0 Å². The number of aromatic nitrogens is 2. The Balaban J connectivity index is 2.19. The lowest BCUT2D eigenvalue weighted by atomic mass is 9.99. The Morgan fingerprint density at radius 2 is 2.00 bits per heavy atom. The third-order valence-corrected chi connectivity index (χ3v) is 3.49. The predicted octanol–water partition coefficient (Wildman–Crippen LogP) is 3.32. The van der Waals surface area contributed by atoms with Gasteiger partial charge in [0.1, 0.15) is 17.7 Å². The molecule has 2 heterocycles. The molecule has 0 aliphatic rings. The molecule has 0 bridgehead atoms. The van der Waals surface area contributed by atoms with Crippen LogP contribution in [0.3, 0.4) is 0 Å². The first kappa shape index (κ1) is 15.0. The fraction of sp³-hybridized carbons (Fsp3) is 0.235. The quantitative estimate of drug-likeness (QED) is 0.742. The number of hydrogen-bond donors (Lipinski definition) is 0. The van der Waals surface area contributed by atoms with Crippen molar-refractivity contribution in [2.45, 2.75) is 13.8 Å². The topological polar surface area (TPSA) is 72.4 Å². The maximum Gasteiger partial charge on any atom is 0.254 e. The number of benzene rings is 1. The SMILES string of the molecule is Cc1nc(-c2ccc(-c3ncco3)cc2C(=O)N(C)C)c(C)o1. The maximum atomic E-state index is 12.6. The van der Waals surface area contributed by atoms with Gasteiger partial charge < -0.3 is 13.7 Å². The molecule has 1 amide bonds. The van der Waals surface area contributed by atoms with Gasteiger partial charge in [-0.15, -0.1) is 0 Å². The summed E-state index contributed by atoms with van der Waals surface area (Å²) in [7, 11) is 3.43. The van der Waals surface area contributed by atoms with Gasteiger partial charge in [-0.25, -0.2) is 9.97 Å². The molecular weight excluding hydrogens is 294 g/mol. The van der Waals surface area contributed by atoms with Gasteiger partial charge in [-0.2, -0.15) is 0 Å². The number of hydrogen-bond acceptors (Lipinski definition) is 5. The number of rotatable bonds is 3. The van der Waals surface area contributed by atoms with E-state index in [0.29, 0.717) is 28.8 Å². The smallest absolute Gasteiger partial charge is 0.254 e. The molecule has 0 spiro atoms. The molecule has 6 heteroatoms. The molecule has 0 N–H and O–H groups in total. The number of aryl methyl sites for hydroxylation is 2. The lowest BCUT2D eigenvalue weighted by Gasteiger charge is -2.14. The Morgan fingerprint density at radius 3 is 2.57 bits per heavy atom. The standard InChI is InChI=1S/C17H17N3O3/c1-10-15(19-11(2)23-10)13-6-5-12(16-18-7-8-22-16)9-14(13)17(21)20(3)4/h5-9H,1-4H3. The van der Waals surface area contributed by atoms with Gasteiger partial charge in [0.25, 0.3) is 5.91 Å². The zero-order valence-electron chi connectivity index (χ0n) is 13.5. The van der Waals surface area contributed by atoms with Crippen LogP contribution in [-0.2, 0) is 0 Å². The molecule has 0 atom stereocenters. The maximum absolute atomic E-state index is 12.6. The van der Waals surface area contributed by atoms with Crippen LogP contribution in [0.2, 0.25) is 0 Å². The van der Waals surface area contributed by atoms with Crippen LogP contribution >= 0.6 is 0 Å². The van der Waals surface area contributed by atoms with Gasteiger partial charge in [0.15, 0.2) is 5.89 Å². The zero-order chi connectivity index (χ0) is 16.6. The van der Waals surface area contributed by atoms with E-state index < -0.39 is 0 Å². The van der Waals surface area contributed by atoms with Crippen molar-refractivity contribution < 1.29 is 13.6 Å². The van der Waals surface area contributed by atoms with E-state index in [1.165, 1.54) is 11.2 Å². The average Bonchev–Trinajstić information content (AvgIpc) is 3.15. The molecule has 0 saturated heterocycles. The second-order valence-electron chi connectivity index (χ2n) is 5.43. The first-order valence-corrected chi connectivity index (χ1v) is 7.17. The fourth-order valence-electron chi connectivity index (χ4n) is 2.45. The Kier molecular flexibility index (Phi) is 3.73. The highest BCUT2D eigenvalue weighted by Gasteiger charge is 2.20. The van der Waals surface area contributed by atoms with Crippen LogP contribution in [0.5, 0.6) is 0 Å². The summed E-state index contributed by atoms with van der Waals surface area (Å²) in [6.45, 7) is 3.62. The van der Waals surface area contributed by atoms with Crippen LogP contribution in [0.4, 0.5) is 0 Å². The van der Waals surface area contributed by atoms with Gasteiger partial charge in [-0.05, 0) is 19.1 Å². The fourth-order valence-corrected chi connectivity index (χ4v) is 2.45. The summed E-state index contributed by atoms with van der Waals surface area (Å²) in [6, 6.07) is 5.48. The molecule has 3 aromatic rings. The minimum absolute atomic E-state index is 0.117. The summed E-state index contributed by atoms with van der Waals surface area (Å²) in [5.74, 6) is 1.60. The third kappa shape index (κ3) is 2.75. The summed E-state index contributed by atoms with van der Waals surface area (Å²) in [5.41, 5.74) is 2.67. The van der Waals surface area contributed by atoms with E-state index in [4.69, 9.17) is 8.83 Å². The summed E-state index contributed by atoms with van der Waals surface area (Å²) >= 11 is 0. The van der Waals surface area contributed by atoms with Crippen molar-refractivity contribution in [3.05, 3.63) is 47.9 Å². The molecule has 23 heavy (non-hydrogen) atoms. The highest BCUT2D eigenvalue weighted by atomic mass is 16.4. The lowest BCUT2D eigenvalue weighted by molar-refractivity contribution is 0.0828. The van der Waals surface area contributed by atoms with Crippen LogP contribution in [0, 0.1) is 13.8 Å². The number of oxazole rings is 2. The second-order valence-corrected chi connectivity index (χ2v) is 5.43. The van der Waals surface area contributed by atoms with Gasteiger partial charge >= 0.3 is 0 Å². The van der Waals surface area contributed by atoms with Gasteiger partial charge in [-0.3, -0.25) is 4.79 Å². The van der Waals surface area contributed by atoms with Gasteiger partial charge in [0, 0.05) is 37.7 Å². The molecule has 6 nitrogen and oxygen atoms in total. The van der Waals surface area contributed by atoms with E-state index in [9.17, 15) is 4.79 Å². The first-order chi connectivity index (χ1) is 11.0. The Labute approximate surface area is 133 Å². The molecular formula is C17H17N3O3. The van der Waals surface area contributed by atoms with E-state index in [2.05, 4.69) is 9.97 Å². The van der Waals surface area contributed by atoms with Crippen LogP contribution in [-0.4, -0.2) is 34.9 Å². The number of carbonyl (C=O) groups excluding carboxylic acids is 1. The molecule has 3 rings (SSSR count). The predicted molar refractivity (Wildman–Crippen MR) is 84.9 cm³/mol. The average molecular weight is 311 g/mol.